The van der Waals surface area contributed by atoms with E-state index in [0.717, 1.165) is 145 Å². The zero-order valence-corrected chi connectivity index (χ0v) is 72.0. The summed E-state index contributed by atoms with van der Waals surface area (Å²) in [5.41, 5.74) is 0.691. The molecule has 10 bridgehead atoms. The Hall–Kier alpha value is -2.92. The number of quaternary nitrogens is 12. The van der Waals surface area contributed by atoms with E-state index in [0.29, 0.717) is 130 Å². The maximum Gasteiger partial charge on any atom is 0.441 e. The Morgan fingerprint density at radius 3 is 1.22 bits per heavy atom. The molecule has 1 aliphatic carbocycles. The number of fused-ring (bicyclic) bond motifs is 10. The van der Waals surface area contributed by atoms with Gasteiger partial charge in [-0.25, -0.2) is 35.5 Å². The van der Waals surface area contributed by atoms with Crippen molar-refractivity contribution in [1.29, 1.82) is 5.26 Å². The summed E-state index contributed by atoms with van der Waals surface area (Å²) in [6.45, 7) is 21.9. The number of hydrogen-bond donors (Lipinski definition) is 12. The first kappa shape index (κ1) is 105. The lowest BCUT2D eigenvalue weighted by molar-refractivity contribution is -0.932. The first-order valence-corrected chi connectivity index (χ1v) is 43.2. The van der Waals surface area contributed by atoms with Gasteiger partial charge in [0, 0.05) is 12.8 Å². The number of nitriles is 1. The second kappa shape index (κ2) is 51.2. The molecule has 0 aromatic heterocycles. The van der Waals surface area contributed by atoms with E-state index in [-0.39, 0.29) is 111 Å². The number of esters is 1. The highest BCUT2D eigenvalue weighted by Gasteiger charge is 2.57. The Bertz CT molecular complexity index is 2910. The average Bonchev–Trinajstić information content (AvgIpc) is 1.61. The molecule has 0 radical (unpaired) electrons. The van der Waals surface area contributed by atoms with E-state index in [2.05, 4.69) is 95.4 Å². The fraction of sp³-hybridized carbons (Fsp3) is 0.829. The standard InChI is InChI=1S/C8H13F2NO.C8H15NO.2C7H11F2NO.C7H13NO3.2C7H13NO2.C7H13NO.C6H10F3NO.C6H11F2NO.C6H12FNO.C6H10N2O/c1-11-6-2-8(9,10)3-7(11)5-12-4-6;1-9-7-3-2-4-8(9)6-10-5-7;1-10-5-2-7(8,9)6(10)4-11-3-5;1-10-4-2-11-3-5(10)7(9)6(4)8;1-8-3-4-11-5-6(8)7(9)10-2;1-8-6-2-9-4-7(8)5-10-3-6;1-8-2-3-9-4-7(8)5-10-6-7;1-8-4-5-9-6-7(8)2-3-7;1-10-2-3-11-4-5(10)6(7,8)9;1-9-2-3-10-4-5(9)6(7)8;2*1-8-2-3-9-5-6(8)4-7/h6-7,11H,1-5H2;7-9H,1-6H2;5-6,10H,1-4H2;4-7,10H,1-3H2;6,8H,1,3-5H2,2H3;6-8H,1-5H2;8H,1-6H2;8H,1-6H2;5,10H,1-4H2;5-6,9H,1-4H2;6,8H,1-5H2;6,8H,1-3,5H2. The maximum atomic E-state index is 13.0. The first-order chi connectivity index (χ1) is 58.5. The number of carbonyl (C=O) groups is 1. The number of alkyl halides is 12. The third-order valence-electron chi connectivity index (χ3n) is 26.5. The zero-order valence-electron chi connectivity index (χ0n) is 72.0. The summed E-state index contributed by atoms with van der Waals surface area (Å²) in [5, 5.41) is 8.47. The molecule has 18 heterocycles. The smallest absolute Gasteiger partial charge is 0.441 e. The van der Waals surface area contributed by atoms with Crippen molar-refractivity contribution in [3.05, 3.63) is 84.6 Å². The van der Waals surface area contributed by atoms with Gasteiger partial charge in [-0.3, -0.25) is 0 Å². The van der Waals surface area contributed by atoms with Crippen LogP contribution < -0.4 is 58.8 Å². The van der Waals surface area contributed by atoms with E-state index < -0.39 is 54.9 Å². The van der Waals surface area contributed by atoms with Gasteiger partial charge in [0.15, 0.2) is 36.5 Å². The number of rotatable bonds is 3. The van der Waals surface area contributed by atoms with Crippen LogP contribution in [0.1, 0.15) is 51.4 Å². The predicted octanol–water partition coefficient (Wildman–Crippen LogP) is -11.0. The predicted molar refractivity (Wildman–Crippen MR) is 416 cm³/mol. The lowest BCUT2D eigenvalue weighted by atomic mass is 9.92. The molecule has 18 saturated heterocycles. The lowest BCUT2D eigenvalue weighted by Gasteiger charge is -2.51. The van der Waals surface area contributed by atoms with Crippen molar-refractivity contribution < 1.29 is 187 Å². The number of halogens is 12. The summed E-state index contributed by atoms with van der Waals surface area (Å²) < 4.78 is 227. The summed E-state index contributed by atoms with van der Waals surface area (Å²) >= 11 is 0. The average molecular weight is 1800 g/mol. The summed E-state index contributed by atoms with van der Waals surface area (Å²) in [5.74, 6) is -5.28. The lowest BCUT2D eigenvalue weighted by Crippen LogP contribution is -3.21. The van der Waals surface area contributed by atoms with Crippen LogP contribution in [0.4, 0.5) is 52.7 Å². The summed E-state index contributed by atoms with van der Waals surface area (Å²) in [6, 6.07) is 0.207. The van der Waals surface area contributed by atoms with E-state index in [4.69, 9.17) is 71.6 Å². The van der Waals surface area contributed by atoms with E-state index in [1.165, 1.54) is 58.8 Å². The maximum absolute atomic E-state index is 13.0. The monoisotopic (exact) mass is 1800 g/mol. The quantitative estimate of drug-likeness (QED) is 0.0716. The van der Waals surface area contributed by atoms with Gasteiger partial charge in [-0.15, -0.1) is 42.3 Å². The highest BCUT2D eigenvalue weighted by molar-refractivity contribution is 5.74. The minimum Gasteiger partial charge on any atom is -0.465 e. The van der Waals surface area contributed by atoms with Gasteiger partial charge >= 0.3 is 18.1 Å². The molecule has 0 aromatic rings. The van der Waals surface area contributed by atoms with Crippen molar-refractivity contribution in [2.45, 2.75) is 190 Å². The number of nitrogens with one attached hydrogen (secondary N) is 12. The van der Waals surface area contributed by atoms with Crippen molar-refractivity contribution in [2.75, 3.05) is 245 Å². The first-order valence-electron chi connectivity index (χ1n) is 43.2. The van der Waals surface area contributed by atoms with Crippen LogP contribution in [0.15, 0.2) is 0 Å². The van der Waals surface area contributed by atoms with Crippen molar-refractivity contribution in [1.82, 2.24) is 0 Å². The number of nitrogens with zero attached hydrogens (tertiary/aromatic N) is 1. The Morgan fingerprint density at radius 2 is 0.862 bits per heavy atom. The second-order valence-corrected chi connectivity index (χ2v) is 35.2. The molecule has 123 heavy (non-hydrogen) atoms. The molecule has 29 nitrogen and oxygen atoms in total. The topological polar surface area (TPSA) is 233 Å². The summed E-state index contributed by atoms with van der Waals surface area (Å²) in [7, 11) is 47.0. The largest absolute Gasteiger partial charge is 0.465 e. The van der Waals surface area contributed by atoms with Crippen LogP contribution in [0.2, 0.25) is 0 Å². The summed E-state index contributed by atoms with van der Waals surface area (Å²) in [6.07, 6.45) is -2.78. The molecule has 19 fully saturated rings. The highest BCUT2D eigenvalue weighted by atomic mass is 19.4. The number of morpholine rings is 13. The van der Waals surface area contributed by atoms with Crippen LogP contribution in [-0.4, -0.2) is 389 Å². The van der Waals surface area contributed by atoms with Gasteiger partial charge in [0.1, 0.15) is 107 Å². The van der Waals surface area contributed by atoms with Gasteiger partial charge in [-0.1, -0.05) is 0 Å². The number of piperidine rings is 2. The molecular weight excluding hydrogens is 1650 g/mol. The molecule has 23 atom stereocenters. The van der Waals surface area contributed by atoms with Crippen molar-refractivity contribution >= 4 is 5.97 Å². The third kappa shape index (κ3) is 31.4. The molecule has 12 N–H and O–H groups in total. The van der Waals surface area contributed by atoms with E-state index >= 15 is 0 Å². The molecular formula is C82H145F12N13O16. The Morgan fingerprint density at radius 1 is 0.447 bits per heavy atom. The van der Waals surface area contributed by atoms with E-state index in [1.54, 1.807) is 0 Å². The molecule has 19 rings (SSSR count). The SMILES string of the molecule is [CH2-][NH+]1C2CCCC1COC2.[CH2-][NH+]1C2COCC1C(F)(F)C2.[CH2-][NH+]1C2COCC1C(F)C2F.[CH2-][NH+]1C2COCC1CC(F)(F)C2.[CH2-][NH+]1C2COCC1COC2.[CH2-][NH+]1CCOCC12CC2.[CH2-][NH+]1CCOCC12COC2.[CH2-][NH+]1CCOCC1C#N.[CH2-][NH+]1CCOCC1C(=O)OC.[CH2-][NH+]1CCOCC1C(F)(F)F.[CH2-][NH+]1CCOCC1C(F)F.[CH2-][NH+]1CCOCC1CF. The van der Waals surface area contributed by atoms with Gasteiger partial charge < -0.3 is 130 Å². The fourth-order valence-electron chi connectivity index (χ4n) is 17.2. The van der Waals surface area contributed by atoms with Crippen LogP contribution in [0, 0.1) is 95.9 Å². The number of methoxy groups -OCH3 is 1. The van der Waals surface area contributed by atoms with Crippen molar-refractivity contribution in [3.8, 4) is 6.07 Å². The van der Waals surface area contributed by atoms with Crippen LogP contribution in [-0.2, 0) is 75.8 Å². The number of hydrogen-bond acceptors (Lipinski definition) is 17. The van der Waals surface area contributed by atoms with Crippen LogP contribution in [0.5, 0.6) is 0 Å². The Kier molecular flexibility index (Phi) is 43.9. The van der Waals surface area contributed by atoms with Gasteiger partial charge in [-0.05, 0) is 19.3 Å². The fourth-order valence-corrected chi connectivity index (χ4v) is 17.2. The summed E-state index contributed by atoms with van der Waals surface area (Å²) in [4.78, 5) is 22.8. The van der Waals surface area contributed by atoms with Crippen LogP contribution in [0.3, 0.4) is 0 Å². The van der Waals surface area contributed by atoms with Gasteiger partial charge in [0.2, 0.25) is 0 Å². The van der Waals surface area contributed by atoms with E-state index in [9.17, 15) is 57.5 Å². The molecule has 2 spiro atoms. The minimum absolute atomic E-state index is 0.0289. The van der Waals surface area contributed by atoms with E-state index in [1.807, 2.05) is 0 Å². The van der Waals surface area contributed by atoms with Crippen LogP contribution >= 0.6 is 0 Å². The van der Waals surface area contributed by atoms with Gasteiger partial charge in [0.25, 0.3) is 12.3 Å². The van der Waals surface area contributed by atoms with Crippen molar-refractivity contribution in [2.24, 2.45) is 0 Å². The minimum atomic E-state index is -4.18. The molecule has 23 unspecified atom stereocenters. The van der Waals surface area contributed by atoms with Gasteiger partial charge in [0.05, 0.1) is 240 Å². The molecule has 19 aliphatic rings. The molecule has 1 saturated carbocycles. The molecule has 18 aliphatic heterocycles. The number of carbonyl (C=O) groups excluding carboxylic acids is 1. The number of ether oxygens (including phenoxy) is 15. The second-order valence-electron chi connectivity index (χ2n) is 35.2. The molecule has 718 valence electrons. The van der Waals surface area contributed by atoms with Gasteiger partial charge in [-0.2, -0.15) is 69.5 Å². The Labute approximate surface area is 721 Å². The van der Waals surface area contributed by atoms with Crippen molar-refractivity contribution in [3.63, 3.8) is 0 Å². The molecule has 41 heteroatoms. The Balaban J connectivity index is 0.000000167. The molecule has 0 aromatic carbocycles. The molecule has 0 amide bonds. The third-order valence-corrected chi connectivity index (χ3v) is 26.5. The highest BCUT2D eigenvalue weighted by Crippen LogP contribution is 2.34. The zero-order chi connectivity index (χ0) is 89.8. The normalized spacial score (nSPS) is 41.3. The van der Waals surface area contributed by atoms with Crippen LogP contribution in [0.25, 0.3) is 0 Å².